The second-order valence-corrected chi connectivity index (χ2v) is 2.64. The lowest BCUT2D eigenvalue weighted by molar-refractivity contribution is -0.384. The van der Waals surface area contributed by atoms with E-state index >= 15 is 0 Å². The van der Waals surface area contributed by atoms with Crippen molar-refractivity contribution in [2.45, 2.75) is 0 Å². The average molecular weight is 169 g/mol. The van der Waals surface area contributed by atoms with Gasteiger partial charge >= 0.3 is 0 Å². The van der Waals surface area contributed by atoms with Crippen LogP contribution in [0.1, 0.15) is 5.56 Å². The van der Waals surface area contributed by atoms with Crippen molar-refractivity contribution < 1.29 is 4.92 Å². The van der Waals surface area contributed by atoms with Crippen molar-refractivity contribution in [2.24, 2.45) is 0 Å². The number of thiophene rings is 1. The summed E-state index contributed by atoms with van der Waals surface area (Å²) in [6.07, 6.45) is 0. The first-order valence-electron chi connectivity index (χ1n) is 2.58. The standard InChI is InChI=1S/C5H3N3O2S/c6-1-3-4(8(9)10)2-11-5(3)7/h2H,7H2. The molecule has 0 aromatic carbocycles. The molecule has 1 aromatic rings. The van der Waals surface area contributed by atoms with Crippen molar-refractivity contribution in [3.63, 3.8) is 0 Å². The van der Waals surface area contributed by atoms with E-state index in [1.807, 2.05) is 0 Å². The molecule has 1 aromatic heterocycles. The topological polar surface area (TPSA) is 92.9 Å². The normalized spacial score (nSPS) is 9.00. The molecule has 11 heavy (non-hydrogen) atoms. The largest absolute Gasteiger partial charge is 0.389 e. The molecular formula is C5H3N3O2S. The Hall–Kier alpha value is -1.61. The Labute approximate surface area is 65.8 Å². The molecule has 0 saturated heterocycles. The molecular weight excluding hydrogens is 166 g/mol. The molecule has 2 N–H and O–H groups in total. The fourth-order valence-corrected chi connectivity index (χ4v) is 1.32. The smallest absolute Gasteiger partial charge is 0.299 e. The molecule has 0 aliphatic rings. The summed E-state index contributed by atoms with van der Waals surface area (Å²) in [5.41, 5.74) is 5.03. The minimum atomic E-state index is -0.620. The summed E-state index contributed by atoms with van der Waals surface area (Å²) < 4.78 is 0. The lowest BCUT2D eigenvalue weighted by atomic mass is 10.3. The number of hydrogen-bond donors (Lipinski definition) is 1. The number of nitrogen functional groups attached to an aromatic ring is 1. The van der Waals surface area contributed by atoms with Crippen molar-refractivity contribution in [1.29, 1.82) is 5.26 Å². The maximum absolute atomic E-state index is 10.2. The van der Waals surface area contributed by atoms with Gasteiger partial charge in [-0.2, -0.15) is 5.26 Å². The lowest BCUT2D eigenvalue weighted by Gasteiger charge is -1.84. The van der Waals surface area contributed by atoms with E-state index in [0.29, 0.717) is 0 Å². The van der Waals surface area contributed by atoms with Gasteiger partial charge in [-0.05, 0) is 0 Å². The number of nitriles is 1. The molecule has 1 heterocycles. The summed E-state index contributed by atoms with van der Waals surface area (Å²) in [6, 6.07) is 1.67. The summed E-state index contributed by atoms with van der Waals surface area (Å²) in [6.45, 7) is 0. The zero-order valence-electron chi connectivity index (χ0n) is 5.27. The van der Waals surface area contributed by atoms with Crippen LogP contribution in [-0.2, 0) is 0 Å². The summed E-state index contributed by atoms with van der Waals surface area (Å²) in [7, 11) is 0. The van der Waals surface area contributed by atoms with Gasteiger partial charge in [-0.15, -0.1) is 11.3 Å². The van der Waals surface area contributed by atoms with Gasteiger partial charge in [0, 0.05) is 0 Å². The van der Waals surface area contributed by atoms with E-state index in [0.717, 1.165) is 11.3 Å². The molecule has 0 atom stereocenters. The van der Waals surface area contributed by atoms with Crippen molar-refractivity contribution >= 4 is 22.0 Å². The van der Waals surface area contributed by atoms with Crippen molar-refractivity contribution in [3.8, 4) is 6.07 Å². The van der Waals surface area contributed by atoms with Crippen LogP contribution in [0.2, 0.25) is 0 Å². The Morgan fingerprint density at radius 3 is 2.82 bits per heavy atom. The Kier molecular flexibility index (Phi) is 1.74. The van der Waals surface area contributed by atoms with Crippen LogP contribution in [0.25, 0.3) is 0 Å². The number of nitrogens with two attached hydrogens (primary N) is 1. The highest BCUT2D eigenvalue weighted by Gasteiger charge is 2.18. The first kappa shape index (κ1) is 7.50. The van der Waals surface area contributed by atoms with Crippen molar-refractivity contribution in [1.82, 2.24) is 0 Å². The third-order valence-corrected chi connectivity index (χ3v) is 1.91. The van der Waals surface area contributed by atoms with E-state index in [-0.39, 0.29) is 16.3 Å². The molecule has 56 valence electrons. The molecule has 0 spiro atoms. The lowest BCUT2D eigenvalue weighted by Crippen LogP contribution is -1.90. The van der Waals surface area contributed by atoms with Crippen LogP contribution in [0, 0.1) is 21.4 Å². The number of rotatable bonds is 1. The summed E-state index contributed by atoms with van der Waals surface area (Å²) >= 11 is 0.998. The van der Waals surface area contributed by atoms with Gasteiger partial charge in [0.25, 0.3) is 5.69 Å². The Bertz CT molecular complexity index is 338. The SMILES string of the molecule is N#Cc1c([N+](=O)[O-])csc1N. The summed E-state index contributed by atoms with van der Waals surface area (Å²) in [4.78, 5) is 9.58. The Morgan fingerprint density at radius 1 is 1.82 bits per heavy atom. The highest BCUT2D eigenvalue weighted by atomic mass is 32.1. The molecule has 0 aliphatic carbocycles. The van der Waals surface area contributed by atoms with Crippen molar-refractivity contribution in [3.05, 3.63) is 21.1 Å². The number of hydrogen-bond acceptors (Lipinski definition) is 5. The second-order valence-electron chi connectivity index (χ2n) is 1.73. The molecule has 0 aliphatic heterocycles. The quantitative estimate of drug-likeness (QED) is 0.503. The van der Waals surface area contributed by atoms with Crippen LogP contribution < -0.4 is 5.73 Å². The van der Waals surface area contributed by atoms with Gasteiger partial charge in [-0.25, -0.2) is 0 Å². The van der Waals surface area contributed by atoms with Gasteiger partial charge in [-0.3, -0.25) is 10.1 Å². The van der Waals surface area contributed by atoms with Crippen LogP contribution in [0.3, 0.4) is 0 Å². The average Bonchev–Trinajstić information content (AvgIpc) is 2.30. The van der Waals surface area contributed by atoms with Crippen LogP contribution in [-0.4, -0.2) is 4.92 Å². The van der Waals surface area contributed by atoms with Gasteiger partial charge in [-0.1, -0.05) is 0 Å². The highest BCUT2D eigenvalue weighted by Crippen LogP contribution is 2.29. The van der Waals surface area contributed by atoms with E-state index in [9.17, 15) is 10.1 Å². The zero-order chi connectivity index (χ0) is 8.43. The number of nitro groups is 1. The molecule has 0 unspecified atom stereocenters. The molecule has 0 saturated carbocycles. The molecule has 5 nitrogen and oxygen atoms in total. The predicted molar refractivity (Wildman–Crippen MR) is 40.1 cm³/mol. The van der Waals surface area contributed by atoms with Gasteiger partial charge < -0.3 is 5.73 Å². The van der Waals surface area contributed by atoms with E-state index in [1.54, 1.807) is 6.07 Å². The molecule has 1 rings (SSSR count). The minimum absolute atomic E-state index is 0.0417. The summed E-state index contributed by atoms with van der Waals surface area (Å²) in [5, 5.41) is 20.1. The second kappa shape index (κ2) is 2.56. The maximum atomic E-state index is 10.2. The monoisotopic (exact) mass is 169 g/mol. The first-order chi connectivity index (χ1) is 5.16. The molecule has 0 amide bonds. The fourth-order valence-electron chi connectivity index (χ4n) is 0.610. The van der Waals surface area contributed by atoms with Gasteiger partial charge in [0.1, 0.15) is 11.1 Å². The van der Waals surface area contributed by atoms with E-state index < -0.39 is 4.92 Å². The molecule has 0 bridgehead atoms. The molecule has 6 heteroatoms. The van der Waals surface area contributed by atoms with E-state index in [2.05, 4.69) is 0 Å². The van der Waals surface area contributed by atoms with Crippen molar-refractivity contribution in [2.75, 3.05) is 5.73 Å². The van der Waals surface area contributed by atoms with Gasteiger partial charge in [0.05, 0.1) is 10.3 Å². The first-order valence-corrected chi connectivity index (χ1v) is 3.46. The Balaban J connectivity index is 3.30. The number of anilines is 1. The third kappa shape index (κ3) is 1.13. The van der Waals surface area contributed by atoms with E-state index in [1.165, 1.54) is 5.38 Å². The van der Waals surface area contributed by atoms with Crippen LogP contribution in [0.4, 0.5) is 10.7 Å². The number of nitrogens with zero attached hydrogens (tertiary/aromatic N) is 2. The summed E-state index contributed by atoms with van der Waals surface area (Å²) in [5.74, 6) is 0. The molecule has 0 fully saturated rings. The zero-order valence-corrected chi connectivity index (χ0v) is 6.09. The van der Waals surface area contributed by atoms with Gasteiger partial charge in [0.15, 0.2) is 5.56 Å². The van der Waals surface area contributed by atoms with E-state index in [4.69, 9.17) is 11.0 Å². The van der Waals surface area contributed by atoms with Gasteiger partial charge in [0.2, 0.25) is 0 Å². The predicted octanol–water partition coefficient (Wildman–Crippen LogP) is 1.11. The maximum Gasteiger partial charge on any atom is 0.299 e. The Morgan fingerprint density at radius 2 is 2.45 bits per heavy atom. The van der Waals surface area contributed by atoms with Crippen LogP contribution in [0.15, 0.2) is 5.38 Å². The minimum Gasteiger partial charge on any atom is -0.389 e. The van der Waals surface area contributed by atoms with Crippen LogP contribution >= 0.6 is 11.3 Å². The molecule has 0 radical (unpaired) electrons. The third-order valence-electron chi connectivity index (χ3n) is 1.11. The fraction of sp³-hybridized carbons (Fsp3) is 0. The van der Waals surface area contributed by atoms with Crippen LogP contribution in [0.5, 0.6) is 0 Å². The highest BCUT2D eigenvalue weighted by molar-refractivity contribution is 7.14.